The first kappa shape index (κ1) is 12.3. The molecular weight excluding hydrogens is 166 g/mol. The lowest BCUT2D eigenvalue weighted by atomic mass is 9.98. The predicted molar refractivity (Wildman–Crippen MR) is 53.8 cm³/mol. The molecule has 3 heteroatoms. The first-order valence-corrected chi connectivity index (χ1v) is 5.21. The summed E-state index contributed by atoms with van der Waals surface area (Å²) in [5.74, 6) is 0. The molecule has 0 bridgehead atoms. The molecule has 0 atom stereocenters. The minimum absolute atomic E-state index is 0.170. The van der Waals surface area contributed by atoms with Gasteiger partial charge in [0.25, 0.3) is 0 Å². The lowest BCUT2D eigenvalue weighted by molar-refractivity contribution is 0.0769. The van der Waals surface area contributed by atoms with Gasteiger partial charge in [-0.2, -0.15) is 0 Å². The molecule has 3 nitrogen and oxygen atoms in total. The highest BCUT2D eigenvalue weighted by Crippen LogP contribution is 2.19. The standard InChI is InChI=1S/C8H15NO2.C2H6/c1-9-8(10)11-7-5-3-2-4-6-7;1-2/h7H,2-6H2,1H3,(H,9,10);1-2H3. The maximum atomic E-state index is 10.7. The molecule has 1 fully saturated rings. The Hall–Kier alpha value is -0.730. The summed E-state index contributed by atoms with van der Waals surface area (Å²) >= 11 is 0. The van der Waals surface area contributed by atoms with Gasteiger partial charge < -0.3 is 10.1 Å². The van der Waals surface area contributed by atoms with Crippen LogP contribution >= 0.6 is 0 Å². The van der Waals surface area contributed by atoms with E-state index in [2.05, 4.69) is 5.32 Å². The zero-order valence-corrected chi connectivity index (χ0v) is 8.93. The molecule has 0 aliphatic heterocycles. The normalized spacial score (nSPS) is 16.8. The molecule has 0 aromatic carbocycles. The van der Waals surface area contributed by atoms with E-state index < -0.39 is 0 Å². The number of carbonyl (C=O) groups is 1. The third-order valence-corrected chi connectivity index (χ3v) is 2.03. The SMILES string of the molecule is CC.CNC(=O)OC1CCCCC1. The van der Waals surface area contributed by atoms with Gasteiger partial charge in [-0.15, -0.1) is 0 Å². The Balaban J connectivity index is 0.000000671. The molecule has 13 heavy (non-hydrogen) atoms. The van der Waals surface area contributed by atoms with Crippen LogP contribution in [0.5, 0.6) is 0 Å². The molecule has 1 N–H and O–H groups in total. The third-order valence-electron chi connectivity index (χ3n) is 2.03. The lowest BCUT2D eigenvalue weighted by Gasteiger charge is -2.21. The molecule has 0 heterocycles. The van der Waals surface area contributed by atoms with Crippen LogP contribution in [0.1, 0.15) is 46.0 Å². The van der Waals surface area contributed by atoms with Gasteiger partial charge in [-0.25, -0.2) is 4.79 Å². The van der Waals surface area contributed by atoms with Gasteiger partial charge in [0.2, 0.25) is 0 Å². The van der Waals surface area contributed by atoms with E-state index in [-0.39, 0.29) is 12.2 Å². The van der Waals surface area contributed by atoms with E-state index in [4.69, 9.17) is 4.74 Å². The van der Waals surface area contributed by atoms with Crippen LogP contribution < -0.4 is 5.32 Å². The van der Waals surface area contributed by atoms with E-state index in [0.29, 0.717) is 0 Å². The number of carbonyl (C=O) groups excluding carboxylic acids is 1. The van der Waals surface area contributed by atoms with Crippen LogP contribution in [0.15, 0.2) is 0 Å². The Morgan fingerprint density at radius 2 is 1.77 bits per heavy atom. The third kappa shape index (κ3) is 5.50. The molecule has 78 valence electrons. The second kappa shape index (κ2) is 7.90. The van der Waals surface area contributed by atoms with E-state index in [1.165, 1.54) is 19.3 Å². The highest BCUT2D eigenvalue weighted by atomic mass is 16.6. The first-order chi connectivity index (χ1) is 6.33. The number of hydrogen-bond acceptors (Lipinski definition) is 2. The summed E-state index contributed by atoms with van der Waals surface area (Å²) in [6.45, 7) is 4.00. The van der Waals surface area contributed by atoms with Crippen molar-refractivity contribution in [3.8, 4) is 0 Å². The second-order valence-corrected chi connectivity index (χ2v) is 2.92. The van der Waals surface area contributed by atoms with Gasteiger partial charge in [0.1, 0.15) is 6.10 Å². The summed E-state index contributed by atoms with van der Waals surface area (Å²) in [5.41, 5.74) is 0. The quantitative estimate of drug-likeness (QED) is 0.685. The van der Waals surface area contributed by atoms with Crippen LogP contribution in [0.2, 0.25) is 0 Å². The van der Waals surface area contributed by atoms with E-state index in [1.54, 1.807) is 7.05 Å². The highest BCUT2D eigenvalue weighted by Gasteiger charge is 2.16. The maximum Gasteiger partial charge on any atom is 0.407 e. The molecule has 1 saturated carbocycles. The Labute approximate surface area is 80.8 Å². The summed E-state index contributed by atoms with van der Waals surface area (Å²) in [6, 6.07) is 0. The number of rotatable bonds is 1. The van der Waals surface area contributed by atoms with Crippen molar-refractivity contribution in [2.45, 2.75) is 52.1 Å². The molecule has 0 aromatic rings. The summed E-state index contributed by atoms with van der Waals surface area (Å²) < 4.78 is 5.09. The molecule has 0 saturated heterocycles. The van der Waals surface area contributed by atoms with Crippen molar-refractivity contribution in [2.24, 2.45) is 0 Å². The number of amides is 1. The lowest BCUT2D eigenvalue weighted by Crippen LogP contribution is -2.27. The number of alkyl carbamates (subject to hydrolysis) is 1. The van der Waals surface area contributed by atoms with Crippen molar-refractivity contribution >= 4 is 6.09 Å². The van der Waals surface area contributed by atoms with Gasteiger partial charge in [0.05, 0.1) is 0 Å². The fraction of sp³-hybridized carbons (Fsp3) is 0.900. The van der Waals surface area contributed by atoms with E-state index in [0.717, 1.165) is 12.8 Å². The van der Waals surface area contributed by atoms with Crippen molar-refractivity contribution in [3.63, 3.8) is 0 Å². The average molecular weight is 187 g/mol. The summed E-state index contributed by atoms with van der Waals surface area (Å²) in [7, 11) is 1.59. The number of ether oxygens (including phenoxy) is 1. The molecule has 0 aromatic heterocycles. The molecule has 1 aliphatic rings. The molecular formula is C10H21NO2. The van der Waals surface area contributed by atoms with Crippen LogP contribution in [-0.2, 0) is 4.74 Å². The highest BCUT2D eigenvalue weighted by molar-refractivity contribution is 5.66. The van der Waals surface area contributed by atoms with Gasteiger partial charge >= 0.3 is 6.09 Å². The molecule has 0 spiro atoms. The predicted octanol–water partition coefficient (Wildman–Crippen LogP) is 2.70. The Morgan fingerprint density at radius 3 is 2.23 bits per heavy atom. The van der Waals surface area contributed by atoms with Gasteiger partial charge in [-0.3, -0.25) is 0 Å². The van der Waals surface area contributed by atoms with Crippen LogP contribution in [0.25, 0.3) is 0 Å². The molecule has 0 radical (unpaired) electrons. The fourth-order valence-electron chi connectivity index (χ4n) is 1.39. The van der Waals surface area contributed by atoms with Crippen LogP contribution in [-0.4, -0.2) is 19.2 Å². The van der Waals surface area contributed by atoms with Crippen molar-refractivity contribution < 1.29 is 9.53 Å². The minimum Gasteiger partial charge on any atom is -0.446 e. The van der Waals surface area contributed by atoms with Crippen molar-refractivity contribution in [2.75, 3.05) is 7.05 Å². The Morgan fingerprint density at radius 1 is 1.23 bits per heavy atom. The smallest absolute Gasteiger partial charge is 0.407 e. The molecule has 1 rings (SSSR count). The van der Waals surface area contributed by atoms with Crippen LogP contribution in [0.4, 0.5) is 4.79 Å². The monoisotopic (exact) mass is 187 g/mol. The van der Waals surface area contributed by atoms with Gasteiger partial charge in [-0.05, 0) is 25.7 Å². The summed E-state index contributed by atoms with van der Waals surface area (Å²) in [6.07, 6.45) is 5.62. The zero-order valence-electron chi connectivity index (χ0n) is 8.93. The van der Waals surface area contributed by atoms with Crippen molar-refractivity contribution in [1.82, 2.24) is 5.32 Å². The minimum atomic E-state index is -0.295. The van der Waals surface area contributed by atoms with Crippen molar-refractivity contribution in [3.05, 3.63) is 0 Å². The molecule has 1 aliphatic carbocycles. The Kier molecular flexibility index (Phi) is 7.45. The molecule has 0 unspecified atom stereocenters. The summed E-state index contributed by atoms with van der Waals surface area (Å²) in [4.78, 5) is 10.7. The van der Waals surface area contributed by atoms with Crippen LogP contribution in [0, 0.1) is 0 Å². The van der Waals surface area contributed by atoms with E-state index >= 15 is 0 Å². The zero-order chi connectivity index (χ0) is 10.1. The van der Waals surface area contributed by atoms with Gasteiger partial charge in [0.15, 0.2) is 0 Å². The number of nitrogens with one attached hydrogen (secondary N) is 1. The van der Waals surface area contributed by atoms with Crippen molar-refractivity contribution in [1.29, 1.82) is 0 Å². The first-order valence-electron chi connectivity index (χ1n) is 5.21. The second-order valence-electron chi connectivity index (χ2n) is 2.92. The van der Waals surface area contributed by atoms with Gasteiger partial charge in [0, 0.05) is 7.05 Å². The Bertz CT molecular complexity index is 131. The maximum absolute atomic E-state index is 10.7. The molecule has 1 amide bonds. The number of hydrogen-bond donors (Lipinski definition) is 1. The fourth-order valence-corrected chi connectivity index (χ4v) is 1.39. The largest absolute Gasteiger partial charge is 0.446 e. The summed E-state index contributed by atoms with van der Waals surface area (Å²) in [5, 5.41) is 2.45. The topological polar surface area (TPSA) is 38.3 Å². The van der Waals surface area contributed by atoms with Gasteiger partial charge in [-0.1, -0.05) is 20.3 Å². The van der Waals surface area contributed by atoms with E-state index in [9.17, 15) is 4.79 Å². The van der Waals surface area contributed by atoms with E-state index in [1.807, 2.05) is 13.8 Å². The average Bonchev–Trinajstić information content (AvgIpc) is 2.22. The van der Waals surface area contributed by atoms with Crippen LogP contribution in [0.3, 0.4) is 0 Å².